The van der Waals surface area contributed by atoms with Crippen LogP contribution in [-0.2, 0) is 10.0 Å². The molecule has 0 aliphatic carbocycles. The van der Waals surface area contributed by atoms with E-state index >= 15 is 0 Å². The number of halogens is 2. The third-order valence-corrected chi connectivity index (χ3v) is 5.93. The van der Waals surface area contributed by atoms with Crippen LogP contribution in [0, 0.1) is 5.82 Å². The molecule has 0 bridgehead atoms. The van der Waals surface area contributed by atoms with Crippen LogP contribution in [0.3, 0.4) is 0 Å². The van der Waals surface area contributed by atoms with Crippen molar-refractivity contribution in [3.63, 3.8) is 0 Å². The molecule has 0 amide bonds. The average Bonchev–Trinajstić information content (AvgIpc) is 2.79. The molecule has 4 rings (SSSR count). The normalized spacial score (nSPS) is 18.7. The minimum absolute atomic E-state index is 0.0208. The quantitative estimate of drug-likeness (QED) is 0.747. The van der Waals surface area contributed by atoms with Crippen molar-refractivity contribution in [2.24, 2.45) is 4.40 Å². The fourth-order valence-corrected chi connectivity index (χ4v) is 4.50. The zero-order valence-electron chi connectivity index (χ0n) is 14.3. The first-order chi connectivity index (χ1) is 12.9. The van der Waals surface area contributed by atoms with Gasteiger partial charge in [0.25, 0.3) is 10.0 Å². The lowest BCUT2D eigenvalue weighted by Gasteiger charge is -2.26. The first-order valence-electron chi connectivity index (χ1n) is 8.47. The minimum Gasteiger partial charge on any atom is -0.330 e. The van der Waals surface area contributed by atoms with Crippen LogP contribution in [0.25, 0.3) is 16.7 Å². The van der Waals surface area contributed by atoms with Gasteiger partial charge in [0.2, 0.25) is 0 Å². The van der Waals surface area contributed by atoms with E-state index in [1.165, 1.54) is 6.07 Å². The molecule has 2 aliphatic rings. The molecule has 2 aromatic rings. The van der Waals surface area contributed by atoms with Crippen LogP contribution in [0.4, 0.5) is 4.39 Å². The molecular weight excluding hydrogens is 387 g/mol. The van der Waals surface area contributed by atoms with Crippen LogP contribution >= 0.6 is 11.6 Å². The van der Waals surface area contributed by atoms with Gasteiger partial charge < -0.3 is 4.90 Å². The summed E-state index contributed by atoms with van der Waals surface area (Å²) < 4.78 is 43.0. The molecule has 0 fully saturated rings. The molecule has 0 aromatic heterocycles. The van der Waals surface area contributed by atoms with Crippen molar-refractivity contribution >= 4 is 33.0 Å². The van der Waals surface area contributed by atoms with Gasteiger partial charge in [0.05, 0.1) is 10.8 Å². The van der Waals surface area contributed by atoms with Gasteiger partial charge >= 0.3 is 0 Å². The number of nitrogens with zero attached hydrogens (tertiary/aromatic N) is 2. The molecule has 0 saturated heterocycles. The van der Waals surface area contributed by atoms with Gasteiger partial charge in [0.15, 0.2) is 5.84 Å². The molecule has 2 heterocycles. The Morgan fingerprint density at radius 3 is 2.59 bits per heavy atom. The number of rotatable bonds is 2. The van der Waals surface area contributed by atoms with Gasteiger partial charge in [-0.25, -0.2) is 12.8 Å². The van der Waals surface area contributed by atoms with Gasteiger partial charge in [-0.05, 0) is 29.7 Å². The van der Waals surface area contributed by atoms with Crippen LogP contribution < -0.4 is 0 Å². The molecule has 2 aliphatic heterocycles. The lowest BCUT2D eigenvalue weighted by molar-refractivity contribution is 0.553. The second-order valence-corrected chi connectivity index (χ2v) is 8.57. The molecule has 138 valence electrons. The smallest absolute Gasteiger partial charge is 0.255 e. The van der Waals surface area contributed by atoms with Crippen molar-refractivity contribution < 1.29 is 12.8 Å². The fraction of sp³-hybridized carbons (Fsp3) is 0.150. The summed E-state index contributed by atoms with van der Waals surface area (Å²) in [5, 5.41) is 0.441. The molecule has 2 aromatic carbocycles. The van der Waals surface area contributed by atoms with E-state index in [9.17, 15) is 12.8 Å². The molecule has 0 atom stereocenters. The highest BCUT2D eigenvalue weighted by atomic mass is 35.5. The molecule has 0 N–H and O–H groups in total. The summed E-state index contributed by atoms with van der Waals surface area (Å²) in [6.45, 7) is 0.482. The van der Waals surface area contributed by atoms with Crippen molar-refractivity contribution in [3.8, 4) is 11.1 Å². The summed E-state index contributed by atoms with van der Waals surface area (Å²) in [4.78, 5) is 1.71. The summed E-state index contributed by atoms with van der Waals surface area (Å²) in [5.41, 5.74) is 2.27. The number of fused-ring (bicyclic) bond motifs is 1. The van der Waals surface area contributed by atoms with Crippen LogP contribution in [0.2, 0.25) is 0 Å². The maximum absolute atomic E-state index is 14.8. The zero-order chi connectivity index (χ0) is 19.0. The van der Waals surface area contributed by atoms with Crippen LogP contribution in [0.15, 0.2) is 70.2 Å². The molecule has 0 unspecified atom stereocenters. The van der Waals surface area contributed by atoms with Crippen molar-refractivity contribution in [2.75, 3.05) is 12.3 Å². The molecule has 0 radical (unpaired) electrons. The number of sulfonamides is 1. The van der Waals surface area contributed by atoms with Crippen LogP contribution in [0.1, 0.15) is 12.0 Å². The lowest BCUT2D eigenvalue weighted by Crippen LogP contribution is -2.29. The van der Waals surface area contributed by atoms with E-state index < -0.39 is 15.8 Å². The largest absolute Gasteiger partial charge is 0.330 e. The third kappa shape index (κ3) is 3.68. The highest BCUT2D eigenvalue weighted by molar-refractivity contribution is 7.90. The van der Waals surface area contributed by atoms with Gasteiger partial charge in [-0.3, -0.25) is 0 Å². The summed E-state index contributed by atoms with van der Waals surface area (Å²) in [5.74, 6) is -0.134. The fourth-order valence-electron chi connectivity index (χ4n) is 3.22. The first kappa shape index (κ1) is 17.9. The Labute approximate surface area is 162 Å². The summed E-state index contributed by atoms with van der Waals surface area (Å²) in [6, 6.07) is 14.1. The Hall–Kier alpha value is -2.44. The molecule has 7 heteroatoms. The highest BCUT2D eigenvalue weighted by Crippen LogP contribution is 2.32. The van der Waals surface area contributed by atoms with E-state index in [4.69, 9.17) is 11.6 Å². The first-order valence-corrected chi connectivity index (χ1v) is 10.5. The lowest BCUT2D eigenvalue weighted by atomic mass is 9.97. The van der Waals surface area contributed by atoms with E-state index in [-0.39, 0.29) is 11.6 Å². The van der Waals surface area contributed by atoms with E-state index in [0.717, 1.165) is 5.56 Å². The standard InChI is InChI=1S/C20H16ClFN2O2S/c21-16-12-18(20-23-27(25,26)10-4-9-24(20)13-16)15-7-8-17(19(22)11-15)14-5-2-1-3-6-14/h1-3,5-8,11-13H,4,9-10H2. The number of hydrogen-bond donors (Lipinski definition) is 0. The topological polar surface area (TPSA) is 49.7 Å². The van der Waals surface area contributed by atoms with Gasteiger partial charge in [0.1, 0.15) is 5.82 Å². The van der Waals surface area contributed by atoms with E-state index in [1.807, 2.05) is 30.3 Å². The van der Waals surface area contributed by atoms with Crippen molar-refractivity contribution in [3.05, 3.63) is 77.2 Å². The number of amidine groups is 1. The predicted molar refractivity (Wildman–Crippen MR) is 106 cm³/mol. The Morgan fingerprint density at radius 1 is 1.07 bits per heavy atom. The Bertz CT molecular complexity index is 1090. The predicted octanol–water partition coefficient (Wildman–Crippen LogP) is 4.40. The zero-order valence-corrected chi connectivity index (χ0v) is 15.8. The van der Waals surface area contributed by atoms with E-state index in [2.05, 4.69) is 4.40 Å². The van der Waals surface area contributed by atoms with Crippen LogP contribution in [-0.4, -0.2) is 31.5 Å². The summed E-state index contributed by atoms with van der Waals surface area (Å²) >= 11 is 6.22. The van der Waals surface area contributed by atoms with Crippen molar-refractivity contribution in [1.29, 1.82) is 0 Å². The van der Waals surface area contributed by atoms with Crippen molar-refractivity contribution in [2.45, 2.75) is 6.42 Å². The number of hydrogen-bond acceptors (Lipinski definition) is 3. The van der Waals surface area contributed by atoms with Crippen molar-refractivity contribution in [1.82, 2.24) is 4.90 Å². The molecule has 4 nitrogen and oxygen atoms in total. The van der Waals surface area contributed by atoms with Gasteiger partial charge in [-0.1, -0.05) is 54.1 Å². The maximum Gasteiger partial charge on any atom is 0.255 e. The van der Waals surface area contributed by atoms with E-state index in [1.54, 1.807) is 29.3 Å². The van der Waals surface area contributed by atoms with Gasteiger partial charge in [0, 0.05) is 23.9 Å². The maximum atomic E-state index is 14.8. The Morgan fingerprint density at radius 2 is 1.85 bits per heavy atom. The number of benzene rings is 2. The number of allylic oxidation sites excluding steroid dienone is 2. The second kappa shape index (κ2) is 6.94. The second-order valence-electron chi connectivity index (χ2n) is 6.38. The monoisotopic (exact) mass is 402 g/mol. The molecular formula is C20H16ClFN2O2S. The highest BCUT2D eigenvalue weighted by Gasteiger charge is 2.27. The molecule has 27 heavy (non-hydrogen) atoms. The minimum atomic E-state index is -3.57. The summed E-state index contributed by atoms with van der Waals surface area (Å²) in [7, 11) is -3.57. The Balaban J connectivity index is 1.81. The Kier molecular flexibility index (Phi) is 4.61. The molecule has 0 spiro atoms. The van der Waals surface area contributed by atoms with Gasteiger partial charge in [-0.15, -0.1) is 4.40 Å². The van der Waals surface area contributed by atoms with Crippen LogP contribution in [0.5, 0.6) is 0 Å². The SMILES string of the molecule is O=S1(=O)CCCN2C=C(Cl)C=C(c3ccc(-c4ccccc4)c(F)c3)C2=N1. The molecule has 0 saturated carbocycles. The van der Waals surface area contributed by atoms with E-state index in [0.29, 0.717) is 34.7 Å². The van der Waals surface area contributed by atoms with Gasteiger partial charge in [-0.2, -0.15) is 0 Å². The third-order valence-electron chi connectivity index (χ3n) is 4.47. The summed E-state index contributed by atoms with van der Waals surface area (Å²) in [6.07, 6.45) is 3.72. The average molecular weight is 403 g/mol.